The molecular weight excluding hydrogens is 566 g/mol. The average Bonchev–Trinajstić information content (AvgIpc) is 3.39. The molecule has 44 heavy (non-hydrogen) atoms. The number of benzene rings is 2. The molecule has 2 aromatic heterocycles. The lowest BCUT2D eigenvalue weighted by atomic mass is 9.78. The predicted molar refractivity (Wildman–Crippen MR) is 180 cm³/mol. The van der Waals surface area contributed by atoms with E-state index in [1.807, 2.05) is 30.9 Å². The number of rotatable bonds is 7. The second-order valence-electron chi connectivity index (χ2n) is 12.1. The van der Waals surface area contributed by atoms with Gasteiger partial charge in [0.05, 0.1) is 26.8 Å². The topological polar surface area (TPSA) is 83.4 Å². The second-order valence-corrected chi connectivity index (χ2v) is 13.3. The molecule has 0 spiro atoms. The maximum Gasteiger partial charge on any atom is 0.328 e. The van der Waals surface area contributed by atoms with Crippen LogP contribution < -0.4 is 0 Å². The zero-order chi connectivity index (χ0) is 30.6. The number of likely N-dealkylation sites (tertiary alicyclic amines) is 1. The number of carbonyl (C=O) groups excluding carboxylic acids is 1. The molecule has 2 aliphatic rings. The van der Waals surface area contributed by atoms with Gasteiger partial charge in [-0.25, -0.2) is 14.8 Å². The number of amides is 1. The summed E-state index contributed by atoms with van der Waals surface area (Å²) in [5.41, 5.74) is 8.05. The first-order chi connectivity index (χ1) is 21.4. The number of fused-ring (bicyclic) bond motifs is 1. The number of hydrogen-bond acceptors (Lipinski definition) is 5. The molecule has 0 radical (unpaired) electrons. The molecule has 6 rings (SSSR count). The Hall–Kier alpha value is -4.10. The summed E-state index contributed by atoms with van der Waals surface area (Å²) in [6.07, 6.45) is 15.5. The molecule has 0 bridgehead atoms. The average molecular weight is 606 g/mol. The number of carboxylic acid groups (broad SMARTS) is 1. The van der Waals surface area contributed by atoms with Gasteiger partial charge in [-0.2, -0.15) is 0 Å². The number of piperidine rings is 1. The fourth-order valence-electron chi connectivity index (χ4n) is 6.73. The van der Waals surface area contributed by atoms with Crippen LogP contribution in [-0.2, 0) is 9.59 Å². The zero-order valence-corrected chi connectivity index (χ0v) is 26.3. The highest BCUT2D eigenvalue weighted by molar-refractivity contribution is 7.15. The van der Waals surface area contributed by atoms with E-state index in [1.54, 1.807) is 23.5 Å². The summed E-state index contributed by atoms with van der Waals surface area (Å²) in [7, 11) is 0. The van der Waals surface area contributed by atoms with Gasteiger partial charge >= 0.3 is 5.97 Å². The number of aryl methyl sites for hydroxylation is 2. The van der Waals surface area contributed by atoms with Crippen LogP contribution in [0.3, 0.4) is 0 Å². The molecule has 226 valence electrons. The Labute approximate surface area is 263 Å². The molecule has 7 heteroatoms. The van der Waals surface area contributed by atoms with E-state index in [4.69, 9.17) is 4.98 Å². The SMILES string of the molecule is Cc1nc(C)c(-c2ccc3cc(-c4c(/C=C/C(=O)N5CCCCC5)cc(/C=C/C(=O)O)cc4C4CCCCC4)ccc3n2)s1. The molecule has 1 amide bonds. The first-order valence-corrected chi connectivity index (χ1v) is 16.6. The largest absolute Gasteiger partial charge is 0.478 e. The molecule has 0 atom stereocenters. The van der Waals surface area contributed by atoms with E-state index in [-0.39, 0.29) is 5.91 Å². The Bertz CT molecular complexity index is 1760. The second kappa shape index (κ2) is 13.3. The molecular formula is C37H39N3O3S. The van der Waals surface area contributed by atoms with Crippen molar-refractivity contribution in [3.05, 3.63) is 82.0 Å². The third kappa shape index (κ3) is 6.68. The zero-order valence-electron chi connectivity index (χ0n) is 25.5. The molecule has 1 saturated heterocycles. The molecule has 4 aromatic rings. The van der Waals surface area contributed by atoms with Gasteiger partial charge in [0.2, 0.25) is 5.91 Å². The molecule has 1 saturated carbocycles. The Morgan fingerprint density at radius 2 is 1.66 bits per heavy atom. The molecule has 1 N–H and O–H groups in total. The van der Waals surface area contributed by atoms with Gasteiger partial charge < -0.3 is 10.0 Å². The van der Waals surface area contributed by atoms with Crippen LogP contribution in [0.2, 0.25) is 0 Å². The van der Waals surface area contributed by atoms with Crippen LogP contribution in [-0.4, -0.2) is 44.9 Å². The normalized spacial score (nSPS) is 16.4. The van der Waals surface area contributed by atoms with Crippen molar-refractivity contribution in [3.63, 3.8) is 0 Å². The lowest BCUT2D eigenvalue weighted by molar-refractivity contribution is -0.131. The summed E-state index contributed by atoms with van der Waals surface area (Å²) in [6, 6.07) is 14.8. The van der Waals surface area contributed by atoms with Gasteiger partial charge in [-0.05, 0) is 116 Å². The van der Waals surface area contributed by atoms with E-state index >= 15 is 0 Å². The Kier molecular flexibility index (Phi) is 9.03. The molecule has 2 aromatic carbocycles. The van der Waals surface area contributed by atoms with Crippen molar-refractivity contribution in [3.8, 4) is 21.7 Å². The first-order valence-electron chi connectivity index (χ1n) is 15.8. The predicted octanol–water partition coefficient (Wildman–Crippen LogP) is 8.81. The van der Waals surface area contributed by atoms with E-state index in [9.17, 15) is 14.7 Å². The van der Waals surface area contributed by atoms with Crippen molar-refractivity contribution in [2.45, 2.75) is 71.1 Å². The van der Waals surface area contributed by atoms with Crippen LogP contribution in [0.25, 0.3) is 44.8 Å². The summed E-state index contributed by atoms with van der Waals surface area (Å²) >= 11 is 1.67. The van der Waals surface area contributed by atoms with E-state index in [1.165, 1.54) is 37.3 Å². The van der Waals surface area contributed by atoms with Crippen LogP contribution in [0.15, 0.2) is 54.6 Å². The van der Waals surface area contributed by atoms with Crippen molar-refractivity contribution in [1.82, 2.24) is 14.9 Å². The molecule has 2 fully saturated rings. The summed E-state index contributed by atoms with van der Waals surface area (Å²) in [5.74, 6) is -0.573. The summed E-state index contributed by atoms with van der Waals surface area (Å²) < 4.78 is 0. The van der Waals surface area contributed by atoms with Crippen molar-refractivity contribution < 1.29 is 14.7 Å². The summed E-state index contributed by atoms with van der Waals surface area (Å²) in [5, 5.41) is 11.4. The molecule has 0 unspecified atom stereocenters. The first kappa shape index (κ1) is 29.9. The number of hydrogen-bond donors (Lipinski definition) is 1. The van der Waals surface area contributed by atoms with Gasteiger partial charge in [0.1, 0.15) is 0 Å². The standard InChI is InChI=1S/C37H39N3O3S/c1-24-37(44-25(2)38-24)33-16-12-28-23-30(13-15-32(28)39-33)36-29(14-17-34(41)40-19-7-4-8-20-40)21-26(11-18-35(42)43)22-31(36)27-9-5-3-6-10-27/h11-18,21-23,27H,3-10,19-20H2,1-2H3,(H,42,43)/b17-14+,18-11+. The van der Waals surface area contributed by atoms with Crippen molar-refractivity contribution in [2.75, 3.05) is 13.1 Å². The summed E-state index contributed by atoms with van der Waals surface area (Å²) in [6.45, 7) is 5.64. The Morgan fingerprint density at radius 1 is 0.886 bits per heavy atom. The third-order valence-corrected chi connectivity index (χ3v) is 9.97. The quantitative estimate of drug-likeness (QED) is 0.213. The number of carboxylic acids is 1. The fraction of sp³-hybridized carbons (Fsp3) is 0.351. The summed E-state index contributed by atoms with van der Waals surface area (Å²) in [4.78, 5) is 37.2. The van der Waals surface area contributed by atoms with Crippen LogP contribution >= 0.6 is 11.3 Å². The van der Waals surface area contributed by atoms with E-state index in [0.29, 0.717) is 5.92 Å². The van der Waals surface area contributed by atoms with Crippen LogP contribution in [0.1, 0.15) is 84.7 Å². The van der Waals surface area contributed by atoms with Crippen LogP contribution in [0.5, 0.6) is 0 Å². The lowest BCUT2D eigenvalue weighted by Crippen LogP contribution is -2.34. The number of aromatic nitrogens is 2. The van der Waals surface area contributed by atoms with E-state index in [0.717, 1.165) is 93.2 Å². The van der Waals surface area contributed by atoms with Gasteiger partial charge in [0.15, 0.2) is 0 Å². The highest BCUT2D eigenvalue weighted by atomic mass is 32.1. The van der Waals surface area contributed by atoms with Gasteiger partial charge in [-0.1, -0.05) is 37.5 Å². The molecule has 3 heterocycles. The Balaban J connectivity index is 1.47. The molecule has 1 aliphatic heterocycles. The van der Waals surface area contributed by atoms with Crippen molar-refractivity contribution >= 4 is 46.3 Å². The van der Waals surface area contributed by atoms with E-state index in [2.05, 4.69) is 41.4 Å². The van der Waals surface area contributed by atoms with Gasteiger partial charge in [-0.15, -0.1) is 11.3 Å². The van der Waals surface area contributed by atoms with Crippen molar-refractivity contribution in [2.24, 2.45) is 0 Å². The minimum Gasteiger partial charge on any atom is -0.478 e. The number of pyridine rings is 1. The number of thiazole rings is 1. The highest BCUT2D eigenvalue weighted by Crippen LogP contribution is 2.42. The maximum atomic E-state index is 13.2. The number of carbonyl (C=O) groups is 2. The smallest absolute Gasteiger partial charge is 0.328 e. The Morgan fingerprint density at radius 3 is 2.39 bits per heavy atom. The third-order valence-electron chi connectivity index (χ3n) is 8.87. The van der Waals surface area contributed by atoms with Crippen LogP contribution in [0, 0.1) is 13.8 Å². The minimum absolute atomic E-state index is 0.0326. The fourth-order valence-corrected chi connectivity index (χ4v) is 7.62. The highest BCUT2D eigenvalue weighted by Gasteiger charge is 2.23. The van der Waals surface area contributed by atoms with Gasteiger partial charge in [0, 0.05) is 30.6 Å². The minimum atomic E-state index is -0.976. The lowest BCUT2D eigenvalue weighted by Gasteiger charge is -2.27. The molecule has 1 aliphatic carbocycles. The number of aliphatic carboxylic acids is 1. The monoisotopic (exact) mass is 605 g/mol. The maximum absolute atomic E-state index is 13.2. The van der Waals surface area contributed by atoms with E-state index < -0.39 is 5.97 Å². The van der Waals surface area contributed by atoms with Crippen molar-refractivity contribution in [1.29, 1.82) is 0 Å². The number of nitrogens with zero attached hydrogens (tertiary/aromatic N) is 3. The molecule has 6 nitrogen and oxygen atoms in total. The van der Waals surface area contributed by atoms with Crippen LogP contribution in [0.4, 0.5) is 0 Å². The van der Waals surface area contributed by atoms with Gasteiger partial charge in [0.25, 0.3) is 0 Å². The van der Waals surface area contributed by atoms with Gasteiger partial charge in [-0.3, -0.25) is 4.79 Å².